The summed E-state index contributed by atoms with van der Waals surface area (Å²) in [5.41, 5.74) is 1.12. The number of nitrogens with one attached hydrogen (secondary N) is 1. The largest absolute Gasteiger partial charge is 0.497 e. The first kappa shape index (κ1) is 23.6. The van der Waals surface area contributed by atoms with Gasteiger partial charge in [-0.3, -0.25) is 9.59 Å². The molecule has 0 aliphatic carbocycles. The summed E-state index contributed by atoms with van der Waals surface area (Å²) < 4.78 is 43.1. The lowest BCUT2D eigenvalue weighted by Gasteiger charge is -2.32. The average Bonchev–Trinajstić information content (AvgIpc) is 2.78. The lowest BCUT2D eigenvalue weighted by atomic mass is 9.96. The molecule has 1 aliphatic heterocycles. The van der Waals surface area contributed by atoms with Crippen LogP contribution in [0.15, 0.2) is 48.5 Å². The Labute approximate surface area is 185 Å². The van der Waals surface area contributed by atoms with Crippen molar-refractivity contribution in [2.75, 3.05) is 26.7 Å². The highest BCUT2D eigenvalue weighted by molar-refractivity contribution is 5.83. The van der Waals surface area contributed by atoms with Gasteiger partial charge in [-0.1, -0.05) is 24.3 Å². The lowest BCUT2D eigenvalue weighted by molar-refractivity contribution is -0.139. The van der Waals surface area contributed by atoms with E-state index in [1.54, 1.807) is 12.0 Å². The molecule has 32 heavy (non-hydrogen) atoms. The lowest BCUT2D eigenvalue weighted by Crippen LogP contribution is -2.46. The van der Waals surface area contributed by atoms with Gasteiger partial charge in [0.05, 0.1) is 18.6 Å². The molecule has 1 fully saturated rings. The second-order valence-corrected chi connectivity index (χ2v) is 7.91. The third-order valence-corrected chi connectivity index (χ3v) is 5.69. The fourth-order valence-corrected chi connectivity index (χ4v) is 3.74. The van der Waals surface area contributed by atoms with Crippen molar-refractivity contribution >= 4 is 11.8 Å². The molecule has 0 bridgehead atoms. The predicted molar refractivity (Wildman–Crippen MR) is 114 cm³/mol. The van der Waals surface area contributed by atoms with Crippen molar-refractivity contribution < 1.29 is 27.5 Å². The summed E-state index contributed by atoms with van der Waals surface area (Å²) in [4.78, 5) is 26.6. The van der Waals surface area contributed by atoms with Crippen LogP contribution < -0.4 is 10.1 Å². The van der Waals surface area contributed by atoms with E-state index in [2.05, 4.69) is 5.32 Å². The Hall–Kier alpha value is -3.03. The van der Waals surface area contributed by atoms with Gasteiger partial charge in [0, 0.05) is 26.1 Å². The van der Waals surface area contributed by atoms with E-state index in [1.807, 2.05) is 24.3 Å². The van der Waals surface area contributed by atoms with Crippen LogP contribution in [0.1, 0.15) is 29.5 Å². The number of carbonyl (C=O) groups is 2. The highest BCUT2D eigenvalue weighted by Crippen LogP contribution is 2.29. The van der Waals surface area contributed by atoms with E-state index in [0.717, 1.165) is 29.0 Å². The fourth-order valence-electron chi connectivity index (χ4n) is 3.74. The first-order valence-electron chi connectivity index (χ1n) is 10.6. The van der Waals surface area contributed by atoms with E-state index in [0.29, 0.717) is 45.3 Å². The van der Waals surface area contributed by atoms with E-state index < -0.39 is 11.7 Å². The molecule has 172 valence electrons. The standard InChI is InChI=1S/C24H27F3N2O3/c1-32-21-9-4-18(5-10-21)13-15-29-16-19(6-11-22(29)30)23(31)28-14-12-17-2-7-20(8-3-17)24(25,26)27/h2-5,7-10,19H,6,11-16H2,1H3,(H,28,31)/t19-/m0/s1. The van der Waals surface area contributed by atoms with E-state index in [4.69, 9.17) is 4.74 Å². The number of likely N-dealkylation sites (tertiary alicyclic amines) is 1. The number of piperidine rings is 1. The zero-order valence-corrected chi connectivity index (χ0v) is 18.0. The predicted octanol–water partition coefficient (Wildman–Crippen LogP) is 3.85. The summed E-state index contributed by atoms with van der Waals surface area (Å²) in [6, 6.07) is 12.6. The number of alkyl halides is 3. The topological polar surface area (TPSA) is 58.6 Å². The summed E-state index contributed by atoms with van der Waals surface area (Å²) in [5, 5.41) is 2.85. The fraction of sp³-hybridized carbons (Fsp3) is 0.417. The Balaban J connectivity index is 1.45. The molecule has 0 spiro atoms. The van der Waals surface area contributed by atoms with Gasteiger partial charge in [-0.2, -0.15) is 13.2 Å². The molecule has 1 atom stereocenters. The van der Waals surface area contributed by atoms with Crippen molar-refractivity contribution in [3.63, 3.8) is 0 Å². The van der Waals surface area contributed by atoms with Gasteiger partial charge in [0.1, 0.15) is 5.75 Å². The average molecular weight is 448 g/mol. The second kappa shape index (κ2) is 10.5. The Kier molecular flexibility index (Phi) is 7.77. The quantitative estimate of drug-likeness (QED) is 0.667. The van der Waals surface area contributed by atoms with Crippen LogP contribution in [0.2, 0.25) is 0 Å². The van der Waals surface area contributed by atoms with Crippen LogP contribution in [0.4, 0.5) is 13.2 Å². The van der Waals surface area contributed by atoms with Crippen molar-refractivity contribution in [3.05, 3.63) is 65.2 Å². The van der Waals surface area contributed by atoms with Crippen molar-refractivity contribution in [2.45, 2.75) is 31.9 Å². The summed E-state index contributed by atoms with van der Waals surface area (Å²) in [7, 11) is 1.61. The maximum atomic E-state index is 12.6. The SMILES string of the molecule is COc1ccc(CCN2C[C@@H](C(=O)NCCc3ccc(C(F)(F)F)cc3)CCC2=O)cc1. The summed E-state index contributed by atoms with van der Waals surface area (Å²) in [6.45, 7) is 1.25. The summed E-state index contributed by atoms with van der Waals surface area (Å²) >= 11 is 0. The van der Waals surface area contributed by atoms with Crippen molar-refractivity contribution in [2.24, 2.45) is 5.92 Å². The number of rotatable bonds is 8. The molecule has 2 aromatic carbocycles. The van der Waals surface area contributed by atoms with Crippen LogP contribution in [0.3, 0.4) is 0 Å². The summed E-state index contributed by atoms with van der Waals surface area (Å²) in [6.07, 6.45) is -2.39. The Bertz CT molecular complexity index is 912. The van der Waals surface area contributed by atoms with Crippen LogP contribution >= 0.6 is 0 Å². The maximum absolute atomic E-state index is 12.6. The van der Waals surface area contributed by atoms with Gasteiger partial charge >= 0.3 is 6.18 Å². The molecule has 8 heteroatoms. The van der Waals surface area contributed by atoms with Gasteiger partial charge in [0.15, 0.2) is 0 Å². The molecule has 0 radical (unpaired) electrons. The zero-order valence-electron chi connectivity index (χ0n) is 18.0. The molecular weight excluding hydrogens is 421 g/mol. The van der Waals surface area contributed by atoms with E-state index in [9.17, 15) is 22.8 Å². The third kappa shape index (κ3) is 6.48. The zero-order chi connectivity index (χ0) is 23.1. The number of hydrogen-bond donors (Lipinski definition) is 1. The number of nitrogens with zero attached hydrogens (tertiary/aromatic N) is 1. The number of benzene rings is 2. The molecular formula is C24H27F3N2O3. The molecule has 2 aromatic rings. The summed E-state index contributed by atoms with van der Waals surface area (Å²) in [5.74, 6) is 0.415. The highest BCUT2D eigenvalue weighted by Gasteiger charge is 2.31. The Morgan fingerprint density at radius 2 is 1.69 bits per heavy atom. The molecule has 1 heterocycles. The minimum atomic E-state index is -4.36. The van der Waals surface area contributed by atoms with Crippen LogP contribution in [-0.2, 0) is 28.6 Å². The van der Waals surface area contributed by atoms with E-state index in [1.165, 1.54) is 12.1 Å². The monoisotopic (exact) mass is 448 g/mol. The Morgan fingerprint density at radius 1 is 1.06 bits per heavy atom. The van der Waals surface area contributed by atoms with Gasteiger partial charge in [-0.25, -0.2) is 0 Å². The van der Waals surface area contributed by atoms with Crippen LogP contribution in [0, 0.1) is 5.92 Å². The molecule has 0 aromatic heterocycles. The van der Waals surface area contributed by atoms with Gasteiger partial charge in [-0.15, -0.1) is 0 Å². The van der Waals surface area contributed by atoms with Crippen LogP contribution in [0.25, 0.3) is 0 Å². The number of ether oxygens (including phenoxy) is 1. The minimum absolute atomic E-state index is 0.0484. The first-order valence-corrected chi connectivity index (χ1v) is 10.6. The maximum Gasteiger partial charge on any atom is 0.416 e. The smallest absolute Gasteiger partial charge is 0.416 e. The third-order valence-electron chi connectivity index (χ3n) is 5.69. The number of methoxy groups -OCH3 is 1. The van der Waals surface area contributed by atoms with Crippen molar-refractivity contribution in [3.8, 4) is 5.75 Å². The molecule has 1 N–H and O–H groups in total. The molecule has 0 unspecified atom stereocenters. The molecule has 2 amide bonds. The number of carbonyl (C=O) groups excluding carboxylic acids is 2. The highest BCUT2D eigenvalue weighted by atomic mass is 19.4. The number of halogens is 3. The second-order valence-electron chi connectivity index (χ2n) is 7.91. The molecule has 1 aliphatic rings. The minimum Gasteiger partial charge on any atom is -0.497 e. The van der Waals surface area contributed by atoms with Gasteiger partial charge in [-0.05, 0) is 54.7 Å². The molecule has 1 saturated heterocycles. The van der Waals surface area contributed by atoms with E-state index in [-0.39, 0.29) is 17.7 Å². The first-order chi connectivity index (χ1) is 15.3. The van der Waals surface area contributed by atoms with Crippen molar-refractivity contribution in [1.82, 2.24) is 10.2 Å². The molecule has 0 saturated carbocycles. The van der Waals surface area contributed by atoms with Crippen molar-refractivity contribution in [1.29, 1.82) is 0 Å². The molecule has 5 nitrogen and oxygen atoms in total. The number of hydrogen-bond acceptors (Lipinski definition) is 3. The Morgan fingerprint density at radius 3 is 2.31 bits per heavy atom. The number of amides is 2. The van der Waals surface area contributed by atoms with Crippen LogP contribution in [-0.4, -0.2) is 43.5 Å². The van der Waals surface area contributed by atoms with E-state index >= 15 is 0 Å². The van der Waals surface area contributed by atoms with Gasteiger partial charge < -0.3 is 15.0 Å². The normalized spacial score (nSPS) is 16.7. The molecule has 3 rings (SSSR count). The van der Waals surface area contributed by atoms with Crippen LogP contribution in [0.5, 0.6) is 5.75 Å². The van der Waals surface area contributed by atoms with Gasteiger partial charge in [0.25, 0.3) is 0 Å². The van der Waals surface area contributed by atoms with Gasteiger partial charge in [0.2, 0.25) is 11.8 Å².